The maximum Gasteiger partial charge on any atom is 0.111 e. The van der Waals surface area contributed by atoms with E-state index >= 15 is 0 Å². The average Bonchev–Trinajstić information content (AvgIpc) is 2.73. The Morgan fingerprint density at radius 2 is 2.00 bits per heavy atom. The summed E-state index contributed by atoms with van der Waals surface area (Å²) in [5.74, 6) is 1.78. The molecule has 0 radical (unpaired) electrons. The van der Waals surface area contributed by atoms with Crippen molar-refractivity contribution in [2.24, 2.45) is 0 Å². The Morgan fingerprint density at radius 3 is 2.81 bits per heavy atom. The Balaban J connectivity index is 1.80. The summed E-state index contributed by atoms with van der Waals surface area (Å²) in [6.07, 6.45) is 10.4. The topological polar surface area (TPSA) is 38.0 Å². The van der Waals surface area contributed by atoms with Gasteiger partial charge in [0.15, 0.2) is 0 Å². The third-order valence-electron chi connectivity index (χ3n) is 4.02. The fourth-order valence-electron chi connectivity index (χ4n) is 3.03. The van der Waals surface area contributed by atoms with E-state index in [0.717, 1.165) is 25.2 Å². The summed E-state index contributed by atoms with van der Waals surface area (Å²) in [6.45, 7) is 0.941. The number of hydrogen-bond acceptors (Lipinski definition) is 2. The number of hydrogen-bond donors (Lipinski definition) is 1. The normalized spacial score (nSPS) is 26.7. The molecule has 1 aromatic heterocycles. The molecular weight excluding hydrogens is 200 g/mol. The summed E-state index contributed by atoms with van der Waals surface area (Å²) < 4.78 is 2.25. The quantitative estimate of drug-likeness (QED) is 0.788. The van der Waals surface area contributed by atoms with Gasteiger partial charge in [-0.3, -0.25) is 0 Å². The van der Waals surface area contributed by atoms with Crippen molar-refractivity contribution in [3.8, 4) is 0 Å². The van der Waals surface area contributed by atoms with Crippen LogP contribution in [0.2, 0.25) is 0 Å². The van der Waals surface area contributed by atoms with Gasteiger partial charge in [-0.1, -0.05) is 19.3 Å². The van der Waals surface area contributed by atoms with Crippen LogP contribution in [0.15, 0.2) is 6.20 Å². The third-order valence-corrected chi connectivity index (χ3v) is 4.02. The van der Waals surface area contributed by atoms with Gasteiger partial charge in [0.25, 0.3) is 0 Å². The van der Waals surface area contributed by atoms with Gasteiger partial charge in [-0.25, -0.2) is 4.98 Å². The highest BCUT2D eigenvalue weighted by atomic mass is 16.3. The molecule has 0 aromatic carbocycles. The van der Waals surface area contributed by atoms with Crippen LogP contribution >= 0.6 is 0 Å². The van der Waals surface area contributed by atoms with Crippen LogP contribution in [-0.2, 0) is 13.0 Å². The first-order chi connectivity index (χ1) is 7.83. The molecule has 3 nitrogen and oxygen atoms in total. The van der Waals surface area contributed by atoms with Crippen molar-refractivity contribution < 1.29 is 5.11 Å². The Kier molecular flexibility index (Phi) is 2.72. The van der Waals surface area contributed by atoms with E-state index in [1.54, 1.807) is 0 Å². The first-order valence-electron chi connectivity index (χ1n) is 6.57. The third kappa shape index (κ3) is 1.88. The fourth-order valence-corrected chi connectivity index (χ4v) is 3.03. The van der Waals surface area contributed by atoms with E-state index in [1.165, 1.54) is 37.8 Å². The summed E-state index contributed by atoms with van der Waals surface area (Å²) in [5, 5.41) is 9.62. The lowest BCUT2D eigenvalue weighted by molar-refractivity contribution is 0.141. The van der Waals surface area contributed by atoms with Crippen molar-refractivity contribution >= 4 is 0 Å². The van der Waals surface area contributed by atoms with Gasteiger partial charge in [0.1, 0.15) is 5.82 Å². The zero-order chi connectivity index (χ0) is 11.0. The molecule has 0 amide bonds. The van der Waals surface area contributed by atoms with Crippen LogP contribution in [-0.4, -0.2) is 20.8 Å². The first-order valence-corrected chi connectivity index (χ1v) is 6.57. The molecular formula is C13H20N2O. The molecule has 16 heavy (non-hydrogen) atoms. The lowest BCUT2D eigenvalue weighted by atomic mass is 9.87. The van der Waals surface area contributed by atoms with Gasteiger partial charge in [-0.2, -0.15) is 0 Å². The molecule has 1 aliphatic carbocycles. The van der Waals surface area contributed by atoms with E-state index in [0.29, 0.717) is 5.92 Å². The van der Waals surface area contributed by atoms with Crippen LogP contribution in [0, 0.1) is 0 Å². The van der Waals surface area contributed by atoms with E-state index in [1.807, 2.05) is 0 Å². The van der Waals surface area contributed by atoms with Gasteiger partial charge in [0.2, 0.25) is 0 Å². The SMILES string of the molecule is OC1CCn2cc(C3CCCCC3)nc2C1. The van der Waals surface area contributed by atoms with E-state index in [2.05, 4.69) is 10.8 Å². The molecule has 1 aromatic rings. The maximum atomic E-state index is 9.62. The van der Waals surface area contributed by atoms with Gasteiger partial charge in [0, 0.05) is 25.1 Å². The summed E-state index contributed by atoms with van der Waals surface area (Å²) in [4.78, 5) is 4.73. The second-order valence-electron chi connectivity index (χ2n) is 5.26. The van der Waals surface area contributed by atoms with Gasteiger partial charge in [-0.05, 0) is 19.3 Å². The number of aromatic nitrogens is 2. The molecule has 3 heteroatoms. The van der Waals surface area contributed by atoms with Crippen LogP contribution in [0.25, 0.3) is 0 Å². The molecule has 1 fully saturated rings. The van der Waals surface area contributed by atoms with E-state index in [-0.39, 0.29) is 6.10 Å². The highest BCUT2D eigenvalue weighted by Gasteiger charge is 2.23. The Morgan fingerprint density at radius 1 is 1.19 bits per heavy atom. The molecule has 1 unspecified atom stereocenters. The maximum absolute atomic E-state index is 9.62. The number of imidazole rings is 1. The van der Waals surface area contributed by atoms with Crippen LogP contribution < -0.4 is 0 Å². The summed E-state index contributed by atoms with van der Waals surface area (Å²) in [7, 11) is 0. The number of nitrogens with zero attached hydrogens (tertiary/aromatic N) is 2. The zero-order valence-corrected chi connectivity index (χ0v) is 9.73. The lowest BCUT2D eigenvalue weighted by Gasteiger charge is -2.19. The molecule has 0 saturated heterocycles. The molecule has 1 aliphatic heterocycles. The van der Waals surface area contributed by atoms with E-state index < -0.39 is 0 Å². The minimum atomic E-state index is -0.172. The Hall–Kier alpha value is -0.830. The lowest BCUT2D eigenvalue weighted by Crippen LogP contribution is -2.22. The van der Waals surface area contributed by atoms with E-state index in [4.69, 9.17) is 4.98 Å². The number of aryl methyl sites for hydroxylation is 1. The second-order valence-corrected chi connectivity index (χ2v) is 5.26. The minimum absolute atomic E-state index is 0.172. The number of aliphatic hydroxyl groups is 1. The highest BCUT2D eigenvalue weighted by Crippen LogP contribution is 2.32. The standard InChI is InChI=1S/C13H20N2O/c16-11-6-7-15-9-12(14-13(15)8-11)10-4-2-1-3-5-10/h9-11,16H,1-8H2. The molecule has 1 atom stereocenters. The van der Waals surface area contributed by atoms with Crippen molar-refractivity contribution in [2.45, 2.75) is 63.5 Å². The van der Waals surface area contributed by atoms with Crippen molar-refractivity contribution in [3.63, 3.8) is 0 Å². The minimum Gasteiger partial charge on any atom is -0.393 e. The molecule has 2 heterocycles. The van der Waals surface area contributed by atoms with E-state index in [9.17, 15) is 5.11 Å². The van der Waals surface area contributed by atoms with Crippen molar-refractivity contribution in [3.05, 3.63) is 17.7 Å². The molecule has 0 spiro atoms. The molecule has 1 N–H and O–H groups in total. The predicted octanol–water partition coefficient (Wildman–Crippen LogP) is 2.24. The van der Waals surface area contributed by atoms with Gasteiger partial charge in [-0.15, -0.1) is 0 Å². The Labute approximate surface area is 96.5 Å². The van der Waals surface area contributed by atoms with Crippen LogP contribution in [0.5, 0.6) is 0 Å². The Bertz CT molecular complexity index is 366. The van der Waals surface area contributed by atoms with Crippen LogP contribution in [0.1, 0.15) is 56.0 Å². The van der Waals surface area contributed by atoms with Crippen LogP contribution in [0.4, 0.5) is 0 Å². The number of rotatable bonds is 1. The van der Waals surface area contributed by atoms with Gasteiger partial charge in [0.05, 0.1) is 11.8 Å². The largest absolute Gasteiger partial charge is 0.393 e. The van der Waals surface area contributed by atoms with Crippen molar-refractivity contribution in [1.82, 2.24) is 9.55 Å². The predicted molar refractivity (Wildman–Crippen MR) is 62.4 cm³/mol. The zero-order valence-electron chi connectivity index (χ0n) is 9.73. The second kappa shape index (κ2) is 4.21. The summed E-state index contributed by atoms with van der Waals surface area (Å²) in [5.41, 5.74) is 1.28. The fraction of sp³-hybridized carbons (Fsp3) is 0.769. The first kappa shape index (κ1) is 10.3. The molecule has 1 saturated carbocycles. The number of fused-ring (bicyclic) bond motifs is 1. The summed E-state index contributed by atoms with van der Waals surface area (Å²) in [6, 6.07) is 0. The van der Waals surface area contributed by atoms with Crippen LogP contribution in [0.3, 0.4) is 0 Å². The molecule has 2 aliphatic rings. The smallest absolute Gasteiger partial charge is 0.111 e. The van der Waals surface area contributed by atoms with Gasteiger partial charge < -0.3 is 9.67 Å². The highest BCUT2D eigenvalue weighted by molar-refractivity contribution is 5.12. The molecule has 0 bridgehead atoms. The van der Waals surface area contributed by atoms with Crippen molar-refractivity contribution in [1.29, 1.82) is 0 Å². The van der Waals surface area contributed by atoms with Crippen molar-refractivity contribution in [2.75, 3.05) is 0 Å². The molecule has 3 rings (SSSR count). The average molecular weight is 220 g/mol. The monoisotopic (exact) mass is 220 g/mol. The molecule has 88 valence electrons. The summed E-state index contributed by atoms with van der Waals surface area (Å²) >= 11 is 0. The van der Waals surface area contributed by atoms with Gasteiger partial charge >= 0.3 is 0 Å². The number of aliphatic hydroxyl groups excluding tert-OH is 1.